The zero-order valence-corrected chi connectivity index (χ0v) is 23.4. The Morgan fingerprint density at radius 1 is 1.19 bits per heavy atom. The number of pyridine rings is 1. The van der Waals surface area contributed by atoms with Gasteiger partial charge in [-0.05, 0) is 44.4 Å². The molecule has 8 nitrogen and oxygen atoms in total. The SMILES string of the molecule is CN1CC2CCC2Oc2nc(-c3cc(N)cc(Cl)c3C(F)(F)F)c(F)c3nc(OC[C@@]45CCCN4C[C@H](F)C5)nc1c23. The molecular formula is C28H28ClF5N6O2. The van der Waals surface area contributed by atoms with Gasteiger partial charge in [0, 0.05) is 43.7 Å². The van der Waals surface area contributed by atoms with Crippen LogP contribution < -0.4 is 20.1 Å². The molecule has 3 aliphatic heterocycles. The highest BCUT2D eigenvalue weighted by atomic mass is 35.5. The lowest BCUT2D eigenvalue weighted by atomic mass is 9.81. The number of hydrogen-bond donors (Lipinski definition) is 1. The molecule has 3 aromatic rings. The second-order valence-electron chi connectivity index (χ2n) is 11.8. The molecule has 2 N–H and O–H groups in total. The smallest absolute Gasteiger partial charge is 0.418 e. The molecule has 0 radical (unpaired) electrons. The van der Waals surface area contributed by atoms with E-state index in [2.05, 4.69) is 19.9 Å². The van der Waals surface area contributed by atoms with Crippen molar-refractivity contribution in [2.45, 2.75) is 56.1 Å². The molecular weight excluding hydrogens is 583 g/mol. The molecule has 4 aliphatic rings. The number of aromatic nitrogens is 3. The van der Waals surface area contributed by atoms with Gasteiger partial charge < -0.3 is 20.1 Å². The van der Waals surface area contributed by atoms with Crippen LogP contribution in [0.5, 0.6) is 11.9 Å². The number of ether oxygens (including phenoxy) is 2. The van der Waals surface area contributed by atoms with Crippen LogP contribution in [-0.2, 0) is 6.18 Å². The standard InChI is InChI=1S/C28H28ClF5N6O2/c1-39-10-13-3-4-18(13)42-25-19-23(21(31)22(36-25)16-7-15(35)8-17(29)20(16)28(32,33)34)37-26(38-24(19)39)41-12-27-5-2-6-40(27)11-14(30)9-27/h7-8,13-14,18H,2-6,9-12,35H2,1H3/t13?,14-,18?,27+/m1/s1. The van der Waals surface area contributed by atoms with E-state index in [4.69, 9.17) is 26.8 Å². The lowest BCUT2D eigenvalue weighted by molar-refractivity contribution is -0.137. The van der Waals surface area contributed by atoms with Crippen LogP contribution in [0, 0.1) is 11.7 Å². The van der Waals surface area contributed by atoms with Crippen LogP contribution in [0.3, 0.4) is 0 Å². The van der Waals surface area contributed by atoms with Crippen LogP contribution >= 0.6 is 11.6 Å². The summed E-state index contributed by atoms with van der Waals surface area (Å²) in [5, 5.41) is -0.554. The van der Waals surface area contributed by atoms with Gasteiger partial charge in [-0.2, -0.15) is 23.1 Å². The summed E-state index contributed by atoms with van der Waals surface area (Å²) in [6.07, 6.45) is -2.59. The van der Waals surface area contributed by atoms with Crippen LogP contribution in [0.15, 0.2) is 12.1 Å². The summed E-state index contributed by atoms with van der Waals surface area (Å²) in [5.41, 5.74) is 2.39. The fourth-order valence-electron chi connectivity index (χ4n) is 6.94. The summed E-state index contributed by atoms with van der Waals surface area (Å²) in [4.78, 5) is 17.1. The lowest BCUT2D eigenvalue weighted by Crippen LogP contribution is -2.45. The Bertz CT molecular complexity index is 1590. The molecule has 2 aromatic heterocycles. The maximum Gasteiger partial charge on any atom is 0.418 e. The summed E-state index contributed by atoms with van der Waals surface area (Å²) < 4.78 is 85.6. The van der Waals surface area contributed by atoms with Crippen LogP contribution in [0.2, 0.25) is 5.02 Å². The zero-order chi connectivity index (χ0) is 29.6. The highest BCUT2D eigenvalue weighted by Crippen LogP contribution is 2.47. The summed E-state index contributed by atoms with van der Waals surface area (Å²) >= 11 is 5.99. The van der Waals surface area contributed by atoms with Crippen LogP contribution in [0.4, 0.5) is 33.5 Å². The second-order valence-corrected chi connectivity index (χ2v) is 12.2. The number of fused-ring (bicyclic) bond motifs is 2. The van der Waals surface area contributed by atoms with Crippen molar-refractivity contribution in [2.75, 3.05) is 43.9 Å². The van der Waals surface area contributed by atoms with Crippen molar-refractivity contribution in [3.05, 3.63) is 28.5 Å². The first-order valence-electron chi connectivity index (χ1n) is 13.9. The van der Waals surface area contributed by atoms with Gasteiger partial charge in [0.05, 0.1) is 16.1 Å². The zero-order valence-electron chi connectivity index (χ0n) is 22.6. The second kappa shape index (κ2) is 9.66. The van der Waals surface area contributed by atoms with E-state index in [1.165, 1.54) is 0 Å². The number of nitrogen functional groups attached to an aromatic ring is 1. The Morgan fingerprint density at radius 3 is 2.74 bits per heavy atom. The van der Waals surface area contributed by atoms with Crippen molar-refractivity contribution in [1.29, 1.82) is 0 Å². The number of halogens is 6. The Balaban J connectivity index is 1.41. The molecule has 224 valence electrons. The van der Waals surface area contributed by atoms with Crippen LogP contribution in [0.25, 0.3) is 22.2 Å². The van der Waals surface area contributed by atoms with Crippen molar-refractivity contribution >= 4 is 34.0 Å². The molecule has 7 rings (SSSR count). The van der Waals surface area contributed by atoms with Crippen molar-refractivity contribution < 1.29 is 31.4 Å². The molecule has 0 bridgehead atoms. The number of anilines is 2. The summed E-state index contributed by atoms with van der Waals surface area (Å²) in [6, 6.07) is 1.78. The third kappa shape index (κ3) is 4.38. The number of hydrogen-bond acceptors (Lipinski definition) is 8. The lowest BCUT2D eigenvalue weighted by Gasteiger charge is -2.41. The molecule has 42 heavy (non-hydrogen) atoms. The predicted molar refractivity (Wildman–Crippen MR) is 146 cm³/mol. The number of nitrogens with zero attached hydrogens (tertiary/aromatic N) is 5. The van der Waals surface area contributed by atoms with E-state index in [9.17, 15) is 17.6 Å². The average molecular weight is 611 g/mol. The van der Waals surface area contributed by atoms with Crippen molar-refractivity contribution in [3.63, 3.8) is 0 Å². The largest absolute Gasteiger partial charge is 0.473 e. The van der Waals surface area contributed by atoms with Gasteiger partial charge >= 0.3 is 12.2 Å². The Kier molecular flexibility index (Phi) is 6.36. The van der Waals surface area contributed by atoms with Gasteiger partial charge in [0.25, 0.3) is 0 Å². The van der Waals surface area contributed by atoms with Gasteiger partial charge in [-0.3, -0.25) is 4.90 Å². The van der Waals surface area contributed by atoms with Gasteiger partial charge in [-0.25, -0.2) is 13.8 Å². The quantitative estimate of drug-likeness (QED) is 0.300. The average Bonchev–Trinajstić information content (AvgIpc) is 3.43. The number of nitrogens with two attached hydrogens (primary N) is 1. The Hall–Kier alpha value is -3.19. The van der Waals surface area contributed by atoms with Gasteiger partial charge in [0.15, 0.2) is 5.82 Å². The molecule has 0 amide bonds. The summed E-state index contributed by atoms with van der Waals surface area (Å²) in [7, 11) is 1.79. The van der Waals surface area contributed by atoms with Crippen LogP contribution in [-0.4, -0.2) is 71.0 Å². The summed E-state index contributed by atoms with van der Waals surface area (Å²) in [5.74, 6) is -0.799. The van der Waals surface area contributed by atoms with E-state index >= 15 is 4.39 Å². The van der Waals surface area contributed by atoms with Gasteiger partial charge in [-0.1, -0.05) is 11.6 Å². The Labute approximate surface area is 242 Å². The minimum absolute atomic E-state index is 0.0764. The third-order valence-electron chi connectivity index (χ3n) is 9.08. The first kappa shape index (κ1) is 27.6. The fraction of sp³-hybridized carbons (Fsp3) is 0.536. The first-order valence-corrected chi connectivity index (χ1v) is 14.3. The predicted octanol–water partition coefficient (Wildman–Crippen LogP) is 5.65. The fourth-order valence-corrected chi connectivity index (χ4v) is 7.28. The topological polar surface area (TPSA) is 89.6 Å². The van der Waals surface area contributed by atoms with Crippen LogP contribution in [0.1, 0.15) is 37.7 Å². The molecule has 14 heteroatoms. The first-order chi connectivity index (χ1) is 19.9. The van der Waals surface area contributed by atoms with Gasteiger partial charge in [0.1, 0.15) is 41.3 Å². The Morgan fingerprint density at radius 2 is 2.00 bits per heavy atom. The van der Waals surface area contributed by atoms with Crippen molar-refractivity contribution in [2.24, 2.45) is 5.92 Å². The van der Waals surface area contributed by atoms with E-state index in [0.717, 1.165) is 44.4 Å². The maximum atomic E-state index is 16.5. The molecule has 2 unspecified atom stereocenters. The van der Waals surface area contributed by atoms with Crippen molar-refractivity contribution in [3.8, 4) is 23.1 Å². The maximum absolute atomic E-state index is 16.5. The summed E-state index contributed by atoms with van der Waals surface area (Å²) in [6.45, 7) is 1.74. The number of benzene rings is 1. The molecule has 3 fully saturated rings. The molecule has 2 saturated heterocycles. The van der Waals surface area contributed by atoms with E-state index in [-0.39, 0.29) is 52.9 Å². The molecule has 5 heterocycles. The van der Waals surface area contributed by atoms with E-state index < -0.39 is 45.5 Å². The molecule has 0 spiro atoms. The minimum atomic E-state index is -4.93. The third-order valence-corrected chi connectivity index (χ3v) is 9.37. The molecule has 1 aromatic carbocycles. The van der Waals surface area contributed by atoms with Crippen molar-refractivity contribution in [1.82, 2.24) is 19.9 Å². The van der Waals surface area contributed by atoms with E-state index in [1.54, 1.807) is 7.05 Å². The number of alkyl halides is 4. The highest BCUT2D eigenvalue weighted by Gasteiger charge is 2.49. The monoisotopic (exact) mass is 610 g/mol. The van der Waals surface area contributed by atoms with E-state index in [1.807, 2.05) is 4.90 Å². The highest BCUT2D eigenvalue weighted by molar-refractivity contribution is 6.32. The normalized spacial score (nSPS) is 27.2. The minimum Gasteiger partial charge on any atom is -0.473 e. The number of rotatable bonds is 4. The molecule has 1 saturated carbocycles. The van der Waals surface area contributed by atoms with E-state index in [0.29, 0.717) is 19.5 Å². The van der Waals surface area contributed by atoms with Gasteiger partial charge in [-0.15, -0.1) is 0 Å². The molecule has 1 aliphatic carbocycles. The van der Waals surface area contributed by atoms with Gasteiger partial charge in [0.2, 0.25) is 5.88 Å². The molecule has 4 atom stereocenters.